The van der Waals surface area contributed by atoms with Crippen molar-refractivity contribution in [2.75, 3.05) is 17.7 Å². The van der Waals surface area contributed by atoms with E-state index in [0.717, 1.165) is 5.69 Å². The first-order valence-corrected chi connectivity index (χ1v) is 12.7. The molecule has 0 amide bonds. The minimum atomic E-state index is 0.249. The van der Waals surface area contributed by atoms with Crippen molar-refractivity contribution in [3.05, 3.63) is 83.4 Å². The summed E-state index contributed by atoms with van der Waals surface area (Å²) in [6.07, 6.45) is 6.27. The molecule has 0 bridgehead atoms. The topological polar surface area (TPSA) is 29.3 Å². The van der Waals surface area contributed by atoms with Crippen molar-refractivity contribution in [1.82, 2.24) is 0 Å². The lowest BCUT2D eigenvalue weighted by Crippen LogP contribution is -2.52. The number of fused-ring (bicyclic) bond motifs is 3. The summed E-state index contributed by atoms with van der Waals surface area (Å²) in [7, 11) is 2.27. The van der Waals surface area contributed by atoms with E-state index in [1.54, 1.807) is 11.1 Å². The largest absolute Gasteiger partial charge is 0.397 e. The monoisotopic (exact) mass is 438 g/mol. The number of rotatable bonds is 4. The molecule has 3 aromatic carbocycles. The van der Waals surface area contributed by atoms with Crippen molar-refractivity contribution in [2.24, 2.45) is 5.92 Å². The summed E-state index contributed by atoms with van der Waals surface area (Å²) in [4.78, 5) is 2.50. The van der Waals surface area contributed by atoms with Gasteiger partial charge < -0.3 is 10.6 Å². The van der Waals surface area contributed by atoms with Gasteiger partial charge in [-0.15, -0.1) is 0 Å². The van der Waals surface area contributed by atoms with Gasteiger partial charge in [-0.2, -0.15) is 0 Å². The van der Waals surface area contributed by atoms with Gasteiger partial charge in [0.05, 0.1) is 11.4 Å². The van der Waals surface area contributed by atoms with Gasteiger partial charge in [0, 0.05) is 13.1 Å². The number of nitrogens with zero attached hydrogens (tertiary/aromatic N) is 1. The van der Waals surface area contributed by atoms with Crippen LogP contribution in [0, 0.1) is 5.92 Å². The fraction of sp³-hybridized carbons (Fsp3) is 0.419. The Morgan fingerprint density at radius 2 is 1.73 bits per heavy atom. The van der Waals surface area contributed by atoms with Gasteiger partial charge in [-0.25, -0.2) is 0 Å². The van der Waals surface area contributed by atoms with E-state index in [-0.39, 0.29) is 5.41 Å². The molecule has 2 nitrogen and oxygen atoms in total. The quantitative estimate of drug-likeness (QED) is 0.426. The molecule has 0 radical (unpaired) electrons. The molecule has 0 spiro atoms. The van der Waals surface area contributed by atoms with Crippen LogP contribution in [-0.2, 0) is 11.8 Å². The maximum absolute atomic E-state index is 6.65. The predicted octanol–water partition coefficient (Wildman–Crippen LogP) is 7.57. The minimum absolute atomic E-state index is 0.249. The molecule has 1 saturated carbocycles. The average Bonchev–Trinajstić information content (AvgIpc) is 2.83. The molecule has 2 aliphatic carbocycles. The molecule has 0 saturated heterocycles. The van der Waals surface area contributed by atoms with E-state index in [4.69, 9.17) is 5.73 Å². The molecule has 3 aromatic rings. The first kappa shape index (κ1) is 22.1. The third kappa shape index (κ3) is 3.84. The van der Waals surface area contributed by atoms with Crippen LogP contribution in [0.1, 0.15) is 69.1 Å². The SMILES string of the molecule is CC(C)c1ccc2c(c1)CCC1C(N(C)c3ccc(-c4ccccc4)cc3N)CCCC21C. The summed E-state index contributed by atoms with van der Waals surface area (Å²) >= 11 is 0. The van der Waals surface area contributed by atoms with Gasteiger partial charge in [-0.05, 0) is 82.9 Å². The zero-order chi connectivity index (χ0) is 23.2. The highest BCUT2D eigenvalue weighted by Gasteiger charge is 2.47. The van der Waals surface area contributed by atoms with Gasteiger partial charge in [0.25, 0.3) is 0 Å². The third-order valence-corrected chi connectivity index (χ3v) is 8.63. The molecule has 172 valence electrons. The summed E-state index contributed by atoms with van der Waals surface area (Å²) in [5, 5.41) is 0. The fourth-order valence-corrected chi connectivity index (χ4v) is 6.71. The van der Waals surface area contributed by atoms with Crippen LogP contribution in [0.2, 0.25) is 0 Å². The number of hydrogen-bond acceptors (Lipinski definition) is 2. The van der Waals surface area contributed by atoms with Crippen molar-refractivity contribution >= 4 is 11.4 Å². The molecule has 0 heterocycles. The second-order valence-corrected chi connectivity index (χ2v) is 10.8. The van der Waals surface area contributed by atoms with Crippen molar-refractivity contribution < 1.29 is 0 Å². The van der Waals surface area contributed by atoms with Crippen LogP contribution in [0.15, 0.2) is 66.7 Å². The number of nitrogens with two attached hydrogens (primary N) is 1. The normalized spacial score (nSPS) is 24.3. The van der Waals surface area contributed by atoms with Crippen molar-refractivity contribution in [2.45, 2.75) is 70.3 Å². The average molecular weight is 439 g/mol. The third-order valence-electron chi connectivity index (χ3n) is 8.63. The number of hydrogen-bond donors (Lipinski definition) is 1. The van der Waals surface area contributed by atoms with E-state index < -0.39 is 0 Å². The minimum Gasteiger partial charge on any atom is -0.397 e. The molecular formula is C31H38N2. The van der Waals surface area contributed by atoms with E-state index in [1.807, 2.05) is 0 Å². The summed E-state index contributed by atoms with van der Waals surface area (Å²) in [5.41, 5.74) is 16.0. The molecule has 2 aliphatic rings. The highest BCUT2D eigenvalue weighted by Crippen LogP contribution is 2.52. The van der Waals surface area contributed by atoms with E-state index in [1.165, 1.54) is 54.5 Å². The summed E-state index contributed by atoms with van der Waals surface area (Å²) in [6, 6.07) is 25.0. The summed E-state index contributed by atoms with van der Waals surface area (Å²) in [5.74, 6) is 1.25. The lowest BCUT2D eigenvalue weighted by Gasteiger charge is -2.53. The molecule has 33 heavy (non-hydrogen) atoms. The summed E-state index contributed by atoms with van der Waals surface area (Å²) in [6.45, 7) is 7.13. The van der Waals surface area contributed by atoms with Gasteiger partial charge >= 0.3 is 0 Å². The standard InChI is InChI=1S/C31H38N2/c1-21(2)23-12-15-26-25(19-23)13-16-27-29(11-8-18-31(26,27)3)33(4)30-17-14-24(20-28(30)32)22-9-6-5-7-10-22/h5-7,9-10,12,14-15,17,19-21,27,29H,8,11,13,16,18,32H2,1-4H3. The van der Waals surface area contributed by atoms with Gasteiger partial charge in [0.2, 0.25) is 0 Å². The lowest BCUT2D eigenvalue weighted by atomic mass is 9.56. The molecule has 3 unspecified atom stereocenters. The van der Waals surface area contributed by atoms with Gasteiger partial charge in [-0.3, -0.25) is 0 Å². The molecule has 2 heteroatoms. The molecule has 0 aliphatic heterocycles. The van der Waals surface area contributed by atoms with Crippen LogP contribution in [0.25, 0.3) is 11.1 Å². The number of aryl methyl sites for hydroxylation is 1. The Hall–Kier alpha value is -2.74. The van der Waals surface area contributed by atoms with Crippen LogP contribution in [0.5, 0.6) is 0 Å². The molecule has 3 atom stereocenters. The number of anilines is 2. The van der Waals surface area contributed by atoms with Crippen molar-refractivity contribution in [3.63, 3.8) is 0 Å². The van der Waals surface area contributed by atoms with Gasteiger partial charge in [0.1, 0.15) is 0 Å². The van der Waals surface area contributed by atoms with Gasteiger partial charge in [-0.1, -0.05) is 81.8 Å². The van der Waals surface area contributed by atoms with Crippen LogP contribution in [0.3, 0.4) is 0 Å². The highest BCUT2D eigenvalue weighted by atomic mass is 15.2. The molecule has 2 N–H and O–H groups in total. The van der Waals surface area contributed by atoms with Crippen LogP contribution >= 0.6 is 0 Å². The van der Waals surface area contributed by atoms with Crippen LogP contribution in [0.4, 0.5) is 11.4 Å². The number of nitrogen functional groups attached to an aromatic ring is 1. The zero-order valence-electron chi connectivity index (χ0n) is 20.6. The van der Waals surface area contributed by atoms with Gasteiger partial charge in [0.15, 0.2) is 0 Å². The predicted molar refractivity (Wildman–Crippen MR) is 142 cm³/mol. The van der Waals surface area contributed by atoms with Crippen molar-refractivity contribution in [3.8, 4) is 11.1 Å². The molecule has 0 aromatic heterocycles. The Bertz CT molecular complexity index is 1130. The zero-order valence-corrected chi connectivity index (χ0v) is 20.6. The second-order valence-electron chi connectivity index (χ2n) is 10.8. The lowest BCUT2D eigenvalue weighted by molar-refractivity contribution is 0.148. The Morgan fingerprint density at radius 1 is 0.939 bits per heavy atom. The maximum atomic E-state index is 6.65. The molecular weight excluding hydrogens is 400 g/mol. The Labute approximate surface area is 199 Å². The summed E-state index contributed by atoms with van der Waals surface area (Å²) < 4.78 is 0. The molecule has 5 rings (SSSR count). The Balaban J connectivity index is 1.45. The second kappa shape index (κ2) is 8.56. The first-order valence-electron chi connectivity index (χ1n) is 12.7. The Kier molecular flexibility index (Phi) is 5.72. The van der Waals surface area contributed by atoms with E-state index >= 15 is 0 Å². The molecule has 1 fully saturated rings. The first-order chi connectivity index (χ1) is 15.9. The van der Waals surface area contributed by atoms with E-state index in [0.29, 0.717) is 17.9 Å². The highest BCUT2D eigenvalue weighted by molar-refractivity contribution is 5.76. The van der Waals surface area contributed by atoms with Crippen molar-refractivity contribution in [1.29, 1.82) is 0 Å². The Morgan fingerprint density at radius 3 is 2.45 bits per heavy atom. The van der Waals surface area contributed by atoms with E-state index in [9.17, 15) is 0 Å². The fourth-order valence-electron chi connectivity index (χ4n) is 6.71. The smallest absolute Gasteiger partial charge is 0.0600 e. The number of benzene rings is 3. The van der Waals surface area contributed by atoms with Crippen LogP contribution in [-0.4, -0.2) is 13.1 Å². The van der Waals surface area contributed by atoms with Crippen LogP contribution < -0.4 is 10.6 Å². The van der Waals surface area contributed by atoms with E-state index in [2.05, 4.69) is 99.4 Å². The maximum Gasteiger partial charge on any atom is 0.0600 e.